The number of hydrogen-bond donors (Lipinski definition) is 1. The van der Waals surface area contributed by atoms with Crippen LogP contribution in [0.3, 0.4) is 0 Å². The zero-order chi connectivity index (χ0) is 10.1. The highest BCUT2D eigenvalue weighted by Gasteiger charge is 2.18. The summed E-state index contributed by atoms with van der Waals surface area (Å²) in [6, 6.07) is 1.83. The molecule has 0 spiro atoms. The second-order valence-electron chi connectivity index (χ2n) is 3.16. The Kier molecular flexibility index (Phi) is 2.65. The molecular formula is C10H11BrO3. The molecule has 2 rings (SSSR count). The fourth-order valence-corrected chi connectivity index (χ4v) is 2.02. The van der Waals surface area contributed by atoms with Gasteiger partial charge in [-0.3, -0.25) is 0 Å². The predicted octanol–water partition coefficient (Wildman–Crippen LogP) is 2.02. The second-order valence-corrected chi connectivity index (χ2v) is 3.95. The third kappa shape index (κ3) is 1.48. The van der Waals surface area contributed by atoms with Gasteiger partial charge in [0.05, 0.1) is 11.1 Å². The molecule has 1 aromatic carbocycles. The quantitative estimate of drug-likeness (QED) is 0.838. The van der Waals surface area contributed by atoms with E-state index in [-0.39, 0.29) is 6.61 Å². The van der Waals surface area contributed by atoms with Gasteiger partial charge in [-0.1, -0.05) is 0 Å². The van der Waals surface area contributed by atoms with Crippen LogP contribution in [-0.2, 0) is 6.61 Å². The number of ether oxygens (including phenoxy) is 2. The van der Waals surface area contributed by atoms with Gasteiger partial charge >= 0.3 is 0 Å². The maximum absolute atomic E-state index is 9.13. The lowest BCUT2D eigenvalue weighted by Crippen LogP contribution is -2.16. The highest BCUT2D eigenvalue weighted by molar-refractivity contribution is 9.10. The second kappa shape index (κ2) is 3.79. The lowest BCUT2D eigenvalue weighted by Gasteiger charge is -2.21. The lowest BCUT2D eigenvalue weighted by molar-refractivity contribution is 0.169. The smallest absolute Gasteiger partial charge is 0.175 e. The van der Waals surface area contributed by atoms with Gasteiger partial charge in [0.25, 0.3) is 0 Å². The predicted molar refractivity (Wildman–Crippen MR) is 55.8 cm³/mol. The van der Waals surface area contributed by atoms with E-state index in [0.29, 0.717) is 19.0 Å². The van der Waals surface area contributed by atoms with Gasteiger partial charge in [0.15, 0.2) is 11.5 Å². The molecule has 1 aliphatic rings. The van der Waals surface area contributed by atoms with Crippen molar-refractivity contribution in [1.82, 2.24) is 0 Å². The Hall–Kier alpha value is -0.740. The van der Waals surface area contributed by atoms with Crippen LogP contribution in [0.25, 0.3) is 0 Å². The molecule has 0 atom stereocenters. The summed E-state index contributed by atoms with van der Waals surface area (Å²) in [5.74, 6) is 1.45. The number of rotatable bonds is 1. The molecule has 0 saturated heterocycles. The largest absolute Gasteiger partial charge is 0.486 e. The van der Waals surface area contributed by atoms with Gasteiger partial charge in [-0.15, -0.1) is 0 Å². The summed E-state index contributed by atoms with van der Waals surface area (Å²) in [7, 11) is 0. The molecule has 0 unspecified atom stereocenters. The minimum atomic E-state index is 0.0150. The van der Waals surface area contributed by atoms with E-state index in [4.69, 9.17) is 14.6 Å². The first kappa shape index (κ1) is 9.80. The van der Waals surface area contributed by atoms with Crippen LogP contribution in [-0.4, -0.2) is 18.3 Å². The molecule has 1 N–H and O–H groups in total. The van der Waals surface area contributed by atoms with E-state index in [9.17, 15) is 0 Å². The molecule has 14 heavy (non-hydrogen) atoms. The minimum absolute atomic E-state index is 0.0150. The summed E-state index contributed by atoms with van der Waals surface area (Å²) < 4.78 is 11.8. The van der Waals surface area contributed by atoms with E-state index in [1.54, 1.807) is 0 Å². The highest BCUT2D eigenvalue weighted by atomic mass is 79.9. The fourth-order valence-electron chi connectivity index (χ4n) is 1.45. The minimum Gasteiger partial charge on any atom is -0.486 e. The topological polar surface area (TPSA) is 38.7 Å². The molecule has 0 aromatic heterocycles. The van der Waals surface area contributed by atoms with Crippen LogP contribution in [0.5, 0.6) is 11.5 Å². The van der Waals surface area contributed by atoms with Crippen LogP contribution in [0.15, 0.2) is 10.5 Å². The van der Waals surface area contributed by atoms with Gasteiger partial charge in [-0.05, 0) is 40.0 Å². The normalized spacial score (nSPS) is 14.2. The van der Waals surface area contributed by atoms with Crippen LogP contribution < -0.4 is 9.47 Å². The van der Waals surface area contributed by atoms with Crippen molar-refractivity contribution in [2.75, 3.05) is 13.2 Å². The molecular weight excluding hydrogens is 248 g/mol. The molecule has 3 nitrogen and oxygen atoms in total. The number of hydrogen-bond acceptors (Lipinski definition) is 3. The van der Waals surface area contributed by atoms with Gasteiger partial charge in [-0.2, -0.15) is 0 Å². The van der Waals surface area contributed by atoms with Crippen molar-refractivity contribution < 1.29 is 14.6 Å². The third-order valence-corrected chi connectivity index (χ3v) is 3.25. The average molecular weight is 259 g/mol. The Morgan fingerprint density at radius 2 is 2.14 bits per heavy atom. The van der Waals surface area contributed by atoms with Crippen molar-refractivity contribution in [3.8, 4) is 11.5 Å². The van der Waals surface area contributed by atoms with Crippen LogP contribution in [0, 0.1) is 6.92 Å². The van der Waals surface area contributed by atoms with E-state index in [1.165, 1.54) is 0 Å². The number of fused-ring (bicyclic) bond motifs is 1. The standard InChI is InChI=1S/C10H11BrO3/c1-6-7(5-12)4-8-10(9(6)11)14-3-2-13-8/h4,12H,2-3,5H2,1H3. The first-order valence-corrected chi connectivity index (χ1v) is 5.21. The monoisotopic (exact) mass is 258 g/mol. The van der Waals surface area contributed by atoms with E-state index < -0.39 is 0 Å². The van der Waals surface area contributed by atoms with E-state index >= 15 is 0 Å². The molecule has 4 heteroatoms. The summed E-state index contributed by atoms with van der Waals surface area (Å²) >= 11 is 3.44. The summed E-state index contributed by atoms with van der Waals surface area (Å²) in [5, 5.41) is 9.13. The van der Waals surface area contributed by atoms with E-state index in [0.717, 1.165) is 21.3 Å². The molecule has 0 radical (unpaired) electrons. The average Bonchev–Trinajstić information content (AvgIpc) is 2.23. The molecule has 1 aliphatic heterocycles. The van der Waals surface area contributed by atoms with Crippen molar-refractivity contribution in [1.29, 1.82) is 0 Å². The van der Waals surface area contributed by atoms with Gasteiger partial charge in [0, 0.05) is 0 Å². The Morgan fingerprint density at radius 1 is 1.43 bits per heavy atom. The number of aliphatic hydroxyl groups excluding tert-OH is 1. The molecule has 76 valence electrons. The molecule has 0 amide bonds. The van der Waals surface area contributed by atoms with Gasteiger partial charge < -0.3 is 14.6 Å². The zero-order valence-electron chi connectivity index (χ0n) is 7.84. The summed E-state index contributed by atoms with van der Waals surface area (Å²) in [6.45, 7) is 3.09. The molecule has 1 aromatic rings. The van der Waals surface area contributed by atoms with Crippen LogP contribution >= 0.6 is 15.9 Å². The summed E-state index contributed by atoms with van der Waals surface area (Å²) in [4.78, 5) is 0. The fraction of sp³-hybridized carbons (Fsp3) is 0.400. The van der Waals surface area contributed by atoms with Crippen molar-refractivity contribution in [2.24, 2.45) is 0 Å². The number of halogens is 1. The Morgan fingerprint density at radius 3 is 2.86 bits per heavy atom. The summed E-state index contributed by atoms with van der Waals surface area (Å²) in [5.41, 5.74) is 1.86. The zero-order valence-corrected chi connectivity index (χ0v) is 9.43. The van der Waals surface area contributed by atoms with Crippen LogP contribution in [0.2, 0.25) is 0 Å². The van der Waals surface area contributed by atoms with Gasteiger partial charge in [0.1, 0.15) is 13.2 Å². The maximum atomic E-state index is 9.13. The Bertz CT molecular complexity index is 363. The van der Waals surface area contributed by atoms with Crippen molar-refractivity contribution in [3.05, 3.63) is 21.7 Å². The molecule has 0 saturated carbocycles. The highest BCUT2D eigenvalue weighted by Crippen LogP contribution is 2.41. The molecule has 0 aliphatic carbocycles. The Labute approximate surface area is 90.8 Å². The van der Waals surface area contributed by atoms with Gasteiger partial charge in [-0.25, -0.2) is 0 Å². The van der Waals surface area contributed by atoms with Crippen LogP contribution in [0.4, 0.5) is 0 Å². The van der Waals surface area contributed by atoms with Crippen molar-refractivity contribution in [2.45, 2.75) is 13.5 Å². The SMILES string of the molecule is Cc1c(CO)cc2c(c1Br)OCCO2. The molecule has 1 heterocycles. The van der Waals surface area contributed by atoms with E-state index in [1.807, 2.05) is 13.0 Å². The first-order chi connectivity index (χ1) is 6.74. The Balaban J connectivity index is 2.57. The first-order valence-electron chi connectivity index (χ1n) is 4.42. The van der Waals surface area contributed by atoms with Crippen molar-refractivity contribution in [3.63, 3.8) is 0 Å². The number of aliphatic hydroxyl groups is 1. The number of benzene rings is 1. The third-order valence-electron chi connectivity index (χ3n) is 2.30. The van der Waals surface area contributed by atoms with E-state index in [2.05, 4.69) is 15.9 Å². The van der Waals surface area contributed by atoms with Crippen LogP contribution in [0.1, 0.15) is 11.1 Å². The summed E-state index contributed by atoms with van der Waals surface area (Å²) in [6.07, 6.45) is 0. The molecule has 0 bridgehead atoms. The van der Waals surface area contributed by atoms with Crippen molar-refractivity contribution >= 4 is 15.9 Å². The molecule has 0 fully saturated rings. The lowest BCUT2D eigenvalue weighted by atomic mass is 10.1. The van der Waals surface area contributed by atoms with Gasteiger partial charge in [0.2, 0.25) is 0 Å². The maximum Gasteiger partial charge on any atom is 0.175 e.